The molecule has 1 rings (SSSR count). The van der Waals surface area contributed by atoms with Crippen molar-refractivity contribution < 1.29 is 14.6 Å². The highest BCUT2D eigenvalue weighted by molar-refractivity contribution is 5.81. The molecule has 0 aliphatic carbocycles. The molecule has 0 saturated heterocycles. The number of carbonyl (C=O) groups excluding carboxylic acids is 1. The number of nitrogens with zero attached hydrogens (tertiary/aromatic N) is 1. The van der Waals surface area contributed by atoms with E-state index in [4.69, 9.17) is 10.5 Å². The van der Waals surface area contributed by atoms with Gasteiger partial charge in [-0.05, 0) is 31.0 Å². The van der Waals surface area contributed by atoms with E-state index in [1.807, 2.05) is 6.92 Å². The SMILES string of the molecule is CCOCCN(C)C(=O)[C@@H](N)Cc1ccc(O)cc1. The fourth-order valence-corrected chi connectivity index (χ4v) is 1.71. The first-order valence-electron chi connectivity index (χ1n) is 6.40. The van der Waals surface area contributed by atoms with Crippen LogP contribution < -0.4 is 5.73 Å². The van der Waals surface area contributed by atoms with Crippen LogP contribution in [0, 0.1) is 0 Å². The van der Waals surface area contributed by atoms with E-state index < -0.39 is 6.04 Å². The lowest BCUT2D eigenvalue weighted by Gasteiger charge is -2.21. The number of amides is 1. The van der Waals surface area contributed by atoms with Crippen molar-refractivity contribution in [3.63, 3.8) is 0 Å². The lowest BCUT2D eigenvalue weighted by Crippen LogP contribution is -2.44. The van der Waals surface area contributed by atoms with E-state index in [0.717, 1.165) is 5.56 Å². The molecule has 5 nitrogen and oxygen atoms in total. The number of benzene rings is 1. The lowest BCUT2D eigenvalue weighted by atomic mass is 10.1. The number of ether oxygens (including phenoxy) is 1. The van der Waals surface area contributed by atoms with Gasteiger partial charge in [0.25, 0.3) is 0 Å². The Hall–Kier alpha value is -1.59. The molecule has 3 N–H and O–H groups in total. The van der Waals surface area contributed by atoms with Crippen molar-refractivity contribution in [3.8, 4) is 5.75 Å². The zero-order valence-electron chi connectivity index (χ0n) is 11.5. The Morgan fingerprint density at radius 3 is 2.63 bits per heavy atom. The smallest absolute Gasteiger partial charge is 0.239 e. The highest BCUT2D eigenvalue weighted by Crippen LogP contribution is 2.11. The number of phenols is 1. The fourth-order valence-electron chi connectivity index (χ4n) is 1.71. The first-order chi connectivity index (χ1) is 9.04. The van der Waals surface area contributed by atoms with Gasteiger partial charge in [-0.15, -0.1) is 0 Å². The van der Waals surface area contributed by atoms with E-state index in [0.29, 0.717) is 26.2 Å². The predicted octanol–water partition coefficient (Wildman–Crippen LogP) is 0.757. The average Bonchev–Trinajstić information content (AvgIpc) is 2.40. The second kappa shape index (κ2) is 7.76. The summed E-state index contributed by atoms with van der Waals surface area (Å²) in [5, 5.41) is 9.19. The maximum Gasteiger partial charge on any atom is 0.239 e. The molecule has 1 amide bonds. The zero-order valence-corrected chi connectivity index (χ0v) is 11.5. The number of rotatable bonds is 7. The minimum Gasteiger partial charge on any atom is -0.508 e. The highest BCUT2D eigenvalue weighted by atomic mass is 16.5. The Balaban J connectivity index is 2.45. The summed E-state index contributed by atoms with van der Waals surface area (Å²) < 4.78 is 5.20. The molecule has 5 heteroatoms. The molecule has 0 radical (unpaired) electrons. The summed E-state index contributed by atoms with van der Waals surface area (Å²) in [7, 11) is 1.72. The third kappa shape index (κ3) is 5.28. The van der Waals surface area contributed by atoms with Crippen molar-refractivity contribution in [1.29, 1.82) is 0 Å². The quantitative estimate of drug-likeness (QED) is 0.714. The summed E-state index contributed by atoms with van der Waals surface area (Å²) in [6, 6.07) is 6.14. The first kappa shape index (κ1) is 15.5. The molecule has 0 aromatic heterocycles. The third-order valence-electron chi connectivity index (χ3n) is 2.86. The number of nitrogens with two attached hydrogens (primary N) is 1. The van der Waals surface area contributed by atoms with Crippen LogP contribution in [0.5, 0.6) is 5.75 Å². The third-order valence-corrected chi connectivity index (χ3v) is 2.86. The molecule has 0 heterocycles. The van der Waals surface area contributed by atoms with Gasteiger partial charge in [-0.25, -0.2) is 0 Å². The average molecular weight is 266 g/mol. The van der Waals surface area contributed by atoms with E-state index in [9.17, 15) is 9.90 Å². The van der Waals surface area contributed by atoms with Crippen molar-refractivity contribution in [2.75, 3.05) is 26.8 Å². The number of phenolic OH excluding ortho intramolecular Hbond substituents is 1. The topological polar surface area (TPSA) is 75.8 Å². The largest absolute Gasteiger partial charge is 0.508 e. The molecular formula is C14H22N2O3. The Kier molecular flexibility index (Phi) is 6.32. The maximum atomic E-state index is 12.0. The van der Waals surface area contributed by atoms with Gasteiger partial charge >= 0.3 is 0 Å². The molecule has 19 heavy (non-hydrogen) atoms. The van der Waals surface area contributed by atoms with Gasteiger partial charge in [0, 0.05) is 20.2 Å². The van der Waals surface area contributed by atoms with Crippen LogP contribution in [0.1, 0.15) is 12.5 Å². The molecule has 0 saturated carbocycles. The summed E-state index contributed by atoms with van der Waals surface area (Å²) in [6.45, 7) is 3.61. The van der Waals surface area contributed by atoms with Crippen molar-refractivity contribution >= 4 is 5.91 Å². The fraction of sp³-hybridized carbons (Fsp3) is 0.500. The van der Waals surface area contributed by atoms with Gasteiger partial charge < -0.3 is 20.5 Å². The Morgan fingerprint density at radius 1 is 1.42 bits per heavy atom. The molecule has 0 unspecified atom stereocenters. The number of aromatic hydroxyl groups is 1. The summed E-state index contributed by atoms with van der Waals surface area (Å²) in [5.74, 6) is 0.102. The van der Waals surface area contributed by atoms with Crippen LogP contribution in [0.4, 0.5) is 0 Å². The van der Waals surface area contributed by atoms with E-state index in [2.05, 4.69) is 0 Å². The predicted molar refractivity (Wildman–Crippen MR) is 73.9 cm³/mol. The Bertz CT molecular complexity index is 392. The summed E-state index contributed by atoms with van der Waals surface area (Å²) in [5.41, 5.74) is 6.83. The van der Waals surface area contributed by atoms with Gasteiger partial charge in [0.15, 0.2) is 0 Å². The van der Waals surface area contributed by atoms with Gasteiger partial charge in [-0.3, -0.25) is 4.79 Å². The van der Waals surface area contributed by atoms with Crippen LogP contribution in [0.3, 0.4) is 0 Å². The van der Waals surface area contributed by atoms with Crippen LogP contribution in [0.15, 0.2) is 24.3 Å². The molecule has 1 aromatic rings. The molecular weight excluding hydrogens is 244 g/mol. The van der Waals surface area contributed by atoms with Crippen LogP contribution in [0.25, 0.3) is 0 Å². The summed E-state index contributed by atoms with van der Waals surface area (Å²) >= 11 is 0. The first-order valence-corrected chi connectivity index (χ1v) is 6.40. The molecule has 0 fully saturated rings. The zero-order chi connectivity index (χ0) is 14.3. The van der Waals surface area contributed by atoms with Crippen LogP contribution in [-0.4, -0.2) is 48.8 Å². The van der Waals surface area contributed by atoms with E-state index >= 15 is 0 Å². The van der Waals surface area contributed by atoms with Crippen molar-refractivity contribution in [1.82, 2.24) is 4.90 Å². The van der Waals surface area contributed by atoms with Gasteiger partial charge in [-0.2, -0.15) is 0 Å². The molecule has 106 valence electrons. The maximum absolute atomic E-state index is 12.0. The monoisotopic (exact) mass is 266 g/mol. The Morgan fingerprint density at radius 2 is 2.05 bits per heavy atom. The van der Waals surface area contributed by atoms with Gasteiger partial charge in [-0.1, -0.05) is 12.1 Å². The van der Waals surface area contributed by atoms with Gasteiger partial charge in [0.2, 0.25) is 5.91 Å². The molecule has 0 spiro atoms. The summed E-state index contributed by atoms with van der Waals surface area (Å²) in [6.07, 6.45) is 0.456. The standard InChI is InChI=1S/C14H22N2O3/c1-3-19-9-8-16(2)14(18)13(15)10-11-4-6-12(17)7-5-11/h4-7,13,17H,3,8-10,15H2,1-2H3/t13-/m0/s1. The lowest BCUT2D eigenvalue weighted by molar-refractivity contribution is -0.131. The van der Waals surface area contributed by atoms with Crippen molar-refractivity contribution in [3.05, 3.63) is 29.8 Å². The van der Waals surface area contributed by atoms with Crippen LogP contribution in [-0.2, 0) is 16.0 Å². The minimum absolute atomic E-state index is 0.104. The van der Waals surface area contributed by atoms with Crippen molar-refractivity contribution in [2.45, 2.75) is 19.4 Å². The normalized spacial score (nSPS) is 12.2. The van der Waals surface area contributed by atoms with Crippen molar-refractivity contribution in [2.24, 2.45) is 5.73 Å². The number of likely N-dealkylation sites (N-methyl/N-ethyl adjacent to an activating group) is 1. The molecule has 1 atom stereocenters. The second-order valence-electron chi connectivity index (χ2n) is 4.43. The molecule has 0 aliphatic rings. The highest BCUT2D eigenvalue weighted by Gasteiger charge is 2.18. The Labute approximate surface area is 114 Å². The second-order valence-corrected chi connectivity index (χ2v) is 4.43. The number of hydrogen-bond donors (Lipinski definition) is 2. The van der Waals surface area contributed by atoms with E-state index in [-0.39, 0.29) is 11.7 Å². The number of carbonyl (C=O) groups is 1. The van der Waals surface area contributed by atoms with Crippen LogP contribution in [0.2, 0.25) is 0 Å². The molecule has 0 bridgehead atoms. The molecule has 1 aromatic carbocycles. The van der Waals surface area contributed by atoms with Crippen LogP contribution >= 0.6 is 0 Å². The minimum atomic E-state index is -0.573. The van der Waals surface area contributed by atoms with E-state index in [1.54, 1.807) is 36.2 Å². The summed E-state index contributed by atoms with van der Waals surface area (Å²) in [4.78, 5) is 13.6. The van der Waals surface area contributed by atoms with E-state index in [1.165, 1.54) is 0 Å². The van der Waals surface area contributed by atoms with Gasteiger partial charge in [0.1, 0.15) is 5.75 Å². The van der Waals surface area contributed by atoms with Gasteiger partial charge in [0.05, 0.1) is 12.6 Å². The molecule has 0 aliphatic heterocycles. The number of hydrogen-bond acceptors (Lipinski definition) is 4.